The number of pyridine rings is 1. The number of hydrogen-bond acceptors (Lipinski definition) is 4. The van der Waals surface area contributed by atoms with E-state index in [2.05, 4.69) is 15.6 Å². The van der Waals surface area contributed by atoms with E-state index in [0.29, 0.717) is 13.2 Å². The maximum Gasteiger partial charge on any atom is 0.168 e. The summed E-state index contributed by atoms with van der Waals surface area (Å²) < 4.78 is 32.6. The highest BCUT2D eigenvalue weighted by atomic mass is 19.1. The van der Waals surface area contributed by atoms with Gasteiger partial charge in [-0.05, 0) is 26.7 Å². The summed E-state index contributed by atoms with van der Waals surface area (Å²) in [7, 11) is 0. The van der Waals surface area contributed by atoms with E-state index in [4.69, 9.17) is 4.74 Å². The Morgan fingerprint density at radius 1 is 1.37 bits per heavy atom. The van der Waals surface area contributed by atoms with Gasteiger partial charge >= 0.3 is 0 Å². The monoisotopic (exact) mass is 271 g/mol. The second-order valence-electron chi connectivity index (χ2n) is 4.73. The first-order valence-electron chi connectivity index (χ1n) is 6.58. The Bertz CT molecular complexity index is 442. The van der Waals surface area contributed by atoms with Crippen LogP contribution in [0.5, 0.6) is 0 Å². The molecule has 0 bridgehead atoms. The number of halogens is 2. The van der Waals surface area contributed by atoms with Crippen molar-refractivity contribution in [3.05, 3.63) is 17.7 Å². The summed E-state index contributed by atoms with van der Waals surface area (Å²) in [6, 6.07) is 0.960. The molecule has 2 rings (SSSR count). The summed E-state index contributed by atoms with van der Waals surface area (Å²) in [5.74, 6) is -1.17. The minimum absolute atomic E-state index is 0.0755. The van der Waals surface area contributed by atoms with E-state index in [1.807, 2.05) is 13.8 Å². The van der Waals surface area contributed by atoms with Crippen molar-refractivity contribution in [1.29, 1.82) is 0 Å². The number of hydrogen-bond donors (Lipinski definition) is 2. The van der Waals surface area contributed by atoms with Crippen molar-refractivity contribution in [2.45, 2.75) is 38.8 Å². The van der Waals surface area contributed by atoms with Crippen molar-refractivity contribution in [2.75, 3.05) is 23.8 Å². The second-order valence-corrected chi connectivity index (χ2v) is 4.73. The quantitative estimate of drug-likeness (QED) is 0.884. The lowest BCUT2D eigenvalue weighted by Gasteiger charge is -2.28. The van der Waals surface area contributed by atoms with E-state index in [-0.39, 0.29) is 23.8 Å². The zero-order valence-electron chi connectivity index (χ0n) is 11.2. The van der Waals surface area contributed by atoms with Crippen LogP contribution >= 0.6 is 0 Å². The van der Waals surface area contributed by atoms with Crippen LogP contribution in [0.4, 0.5) is 20.4 Å². The van der Waals surface area contributed by atoms with Gasteiger partial charge in [-0.2, -0.15) is 0 Å². The molecule has 1 fully saturated rings. The van der Waals surface area contributed by atoms with Crippen molar-refractivity contribution in [3.8, 4) is 0 Å². The van der Waals surface area contributed by atoms with Crippen molar-refractivity contribution >= 4 is 11.6 Å². The SMILES string of the molecule is CCNc1nc(NC2CCOC(C)C2)c(F)cc1F. The maximum atomic E-state index is 13.7. The van der Waals surface area contributed by atoms with Crippen LogP contribution in [-0.2, 0) is 4.74 Å². The molecule has 6 heteroatoms. The standard InChI is InChI=1S/C13H19F2N3O/c1-3-16-12-10(14)7-11(15)13(18-12)17-9-4-5-19-8(2)6-9/h7-9H,3-6H2,1-2H3,(H2,16,17,18). The van der Waals surface area contributed by atoms with E-state index >= 15 is 0 Å². The fourth-order valence-corrected chi connectivity index (χ4v) is 2.18. The van der Waals surface area contributed by atoms with Crippen LogP contribution in [0.2, 0.25) is 0 Å². The zero-order valence-corrected chi connectivity index (χ0v) is 11.2. The number of nitrogens with one attached hydrogen (secondary N) is 2. The topological polar surface area (TPSA) is 46.2 Å². The number of aromatic nitrogens is 1. The summed E-state index contributed by atoms with van der Waals surface area (Å²) >= 11 is 0. The van der Waals surface area contributed by atoms with Gasteiger partial charge in [0, 0.05) is 25.3 Å². The predicted molar refractivity (Wildman–Crippen MR) is 70.4 cm³/mol. The molecule has 0 saturated carbocycles. The third kappa shape index (κ3) is 3.53. The van der Waals surface area contributed by atoms with Gasteiger partial charge in [0.05, 0.1) is 6.10 Å². The van der Waals surface area contributed by atoms with Gasteiger partial charge in [-0.3, -0.25) is 0 Å². The van der Waals surface area contributed by atoms with Crippen molar-refractivity contribution in [2.24, 2.45) is 0 Å². The van der Waals surface area contributed by atoms with Gasteiger partial charge in [0.15, 0.2) is 23.3 Å². The number of anilines is 2. The lowest BCUT2D eigenvalue weighted by molar-refractivity contribution is 0.0231. The third-order valence-corrected chi connectivity index (χ3v) is 3.10. The van der Waals surface area contributed by atoms with E-state index in [9.17, 15) is 8.78 Å². The van der Waals surface area contributed by atoms with Gasteiger partial charge in [-0.25, -0.2) is 13.8 Å². The summed E-state index contributed by atoms with van der Waals surface area (Å²) in [5.41, 5.74) is 0. The molecule has 0 spiro atoms. The van der Waals surface area contributed by atoms with Crippen LogP contribution < -0.4 is 10.6 Å². The molecule has 2 unspecified atom stereocenters. The fraction of sp³-hybridized carbons (Fsp3) is 0.615. The molecule has 19 heavy (non-hydrogen) atoms. The first kappa shape index (κ1) is 14.0. The lowest BCUT2D eigenvalue weighted by Crippen LogP contribution is -2.33. The Morgan fingerprint density at radius 3 is 2.79 bits per heavy atom. The van der Waals surface area contributed by atoms with Gasteiger partial charge in [0.2, 0.25) is 0 Å². The minimum atomic E-state index is -0.676. The molecule has 1 saturated heterocycles. The molecule has 1 aliphatic heterocycles. The first-order chi connectivity index (χ1) is 9.10. The molecule has 1 aliphatic rings. The molecule has 0 aromatic carbocycles. The highest BCUT2D eigenvalue weighted by Crippen LogP contribution is 2.22. The van der Waals surface area contributed by atoms with Gasteiger partial charge < -0.3 is 15.4 Å². The molecule has 1 aromatic rings. The summed E-state index contributed by atoms with van der Waals surface area (Å²) in [4.78, 5) is 3.97. The first-order valence-corrected chi connectivity index (χ1v) is 6.58. The summed E-state index contributed by atoms with van der Waals surface area (Å²) in [5, 5.41) is 5.80. The molecule has 2 N–H and O–H groups in total. The summed E-state index contributed by atoms with van der Waals surface area (Å²) in [6.45, 7) is 4.98. The van der Waals surface area contributed by atoms with E-state index < -0.39 is 11.6 Å². The lowest BCUT2D eigenvalue weighted by atomic mass is 10.0. The average molecular weight is 271 g/mol. The van der Waals surface area contributed by atoms with Crippen LogP contribution in [0.1, 0.15) is 26.7 Å². The van der Waals surface area contributed by atoms with Crippen LogP contribution in [-0.4, -0.2) is 30.3 Å². The fourth-order valence-electron chi connectivity index (χ4n) is 2.18. The van der Waals surface area contributed by atoms with E-state index in [0.717, 1.165) is 18.9 Å². The molecule has 106 valence electrons. The maximum absolute atomic E-state index is 13.7. The highest BCUT2D eigenvalue weighted by Gasteiger charge is 2.21. The molecule has 4 nitrogen and oxygen atoms in total. The second kappa shape index (κ2) is 6.14. The average Bonchev–Trinajstić information content (AvgIpc) is 2.35. The third-order valence-electron chi connectivity index (χ3n) is 3.10. The summed E-state index contributed by atoms with van der Waals surface area (Å²) in [6.07, 6.45) is 1.72. The Labute approximate surface area is 111 Å². The minimum Gasteiger partial charge on any atom is -0.378 e. The van der Waals surface area contributed by atoms with Crippen molar-refractivity contribution in [3.63, 3.8) is 0 Å². The predicted octanol–water partition coefficient (Wildman–Crippen LogP) is 2.77. The Kier molecular flexibility index (Phi) is 4.52. The molecule has 2 heterocycles. The van der Waals surface area contributed by atoms with E-state index in [1.165, 1.54) is 0 Å². The van der Waals surface area contributed by atoms with Crippen LogP contribution in [0.15, 0.2) is 6.07 Å². The van der Waals surface area contributed by atoms with Gasteiger partial charge in [-0.15, -0.1) is 0 Å². The Morgan fingerprint density at radius 2 is 2.11 bits per heavy atom. The highest BCUT2D eigenvalue weighted by molar-refractivity contribution is 5.48. The van der Waals surface area contributed by atoms with E-state index in [1.54, 1.807) is 0 Å². The Balaban J connectivity index is 2.12. The molecule has 0 radical (unpaired) electrons. The molecule has 0 aliphatic carbocycles. The van der Waals surface area contributed by atoms with Crippen LogP contribution in [0.3, 0.4) is 0 Å². The van der Waals surface area contributed by atoms with Crippen molar-refractivity contribution < 1.29 is 13.5 Å². The van der Waals surface area contributed by atoms with Crippen LogP contribution in [0, 0.1) is 11.6 Å². The largest absolute Gasteiger partial charge is 0.378 e. The van der Waals surface area contributed by atoms with Gasteiger partial charge in [0.25, 0.3) is 0 Å². The van der Waals surface area contributed by atoms with Crippen LogP contribution in [0.25, 0.3) is 0 Å². The zero-order chi connectivity index (χ0) is 13.8. The smallest absolute Gasteiger partial charge is 0.168 e. The molecule has 2 atom stereocenters. The molecular weight excluding hydrogens is 252 g/mol. The van der Waals surface area contributed by atoms with Gasteiger partial charge in [-0.1, -0.05) is 0 Å². The normalized spacial score (nSPS) is 23.2. The molecule has 0 amide bonds. The van der Waals surface area contributed by atoms with Gasteiger partial charge in [0.1, 0.15) is 0 Å². The Hall–Kier alpha value is -1.43. The molecular formula is C13H19F2N3O. The van der Waals surface area contributed by atoms with Crippen molar-refractivity contribution in [1.82, 2.24) is 4.98 Å². The number of rotatable bonds is 4. The number of ether oxygens (including phenoxy) is 1. The number of nitrogens with zero attached hydrogens (tertiary/aromatic N) is 1. The molecule has 1 aromatic heterocycles.